The molecular weight excluding hydrogens is 192 g/mol. The van der Waals surface area contributed by atoms with Crippen molar-refractivity contribution in [1.29, 1.82) is 0 Å². The van der Waals surface area contributed by atoms with Crippen LogP contribution in [0.5, 0.6) is 0 Å². The highest BCUT2D eigenvalue weighted by molar-refractivity contribution is 5.89. The Balaban J connectivity index is 1.81. The van der Waals surface area contributed by atoms with Gasteiger partial charge in [0, 0.05) is 18.2 Å². The molecule has 1 aliphatic heterocycles. The lowest BCUT2D eigenvalue weighted by atomic mass is 10.0. The van der Waals surface area contributed by atoms with Gasteiger partial charge in [-0.3, -0.25) is 9.89 Å². The Labute approximate surface area is 88.6 Å². The molecule has 0 aliphatic carbocycles. The van der Waals surface area contributed by atoms with Gasteiger partial charge in [-0.25, -0.2) is 0 Å². The summed E-state index contributed by atoms with van der Waals surface area (Å²) in [6.07, 6.45) is 1.67. The van der Waals surface area contributed by atoms with Crippen molar-refractivity contribution in [2.24, 2.45) is 5.92 Å². The monoisotopic (exact) mass is 208 g/mol. The molecule has 1 saturated heterocycles. The van der Waals surface area contributed by atoms with Gasteiger partial charge in [0.1, 0.15) is 0 Å². The van der Waals surface area contributed by atoms with Crippen molar-refractivity contribution in [3.8, 4) is 0 Å². The summed E-state index contributed by atoms with van der Waals surface area (Å²) in [5.41, 5.74) is 0.952. The molecule has 2 heterocycles. The molecule has 1 aromatic heterocycles. The van der Waals surface area contributed by atoms with Gasteiger partial charge in [0.25, 0.3) is 0 Å². The number of carbonyl (C=O) groups excluding carboxylic acids is 1. The molecule has 1 aliphatic rings. The summed E-state index contributed by atoms with van der Waals surface area (Å²) >= 11 is 0. The first-order valence-corrected chi connectivity index (χ1v) is 5.26. The van der Waals surface area contributed by atoms with Crippen molar-refractivity contribution in [3.05, 3.63) is 11.8 Å². The molecule has 5 heteroatoms. The molecule has 0 aromatic carbocycles. The lowest BCUT2D eigenvalue weighted by molar-refractivity contribution is -0.117. The number of aromatic amines is 1. The molecule has 1 unspecified atom stereocenters. The standard InChI is InChI=1S/C10H16N4O/c1-7-4-9(14-13-7)12-10(15)5-8-2-3-11-6-8/h4,8,11H,2-3,5-6H2,1H3,(H2,12,13,14,15). The third kappa shape index (κ3) is 2.79. The predicted molar refractivity (Wildman–Crippen MR) is 57.5 cm³/mol. The van der Waals surface area contributed by atoms with Gasteiger partial charge in [0.15, 0.2) is 5.82 Å². The van der Waals surface area contributed by atoms with Crippen molar-refractivity contribution in [2.45, 2.75) is 19.8 Å². The molecule has 0 radical (unpaired) electrons. The van der Waals surface area contributed by atoms with Crippen LogP contribution in [0.25, 0.3) is 0 Å². The van der Waals surface area contributed by atoms with E-state index in [0.29, 0.717) is 18.2 Å². The molecule has 5 nitrogen and oxygen atoms in total. The number of hydrogen-bond acceptors (Lipinski definition) is 3. The second-order valence-corrected chi connectivity index (χ2v) is 4.05. The number of aryl methyl sites for hydroxylation is 1. The highest BCUT2D eigenvalue weighted by atomic mass is 16.1. The van der Waals surface area contributed by atoms with E-state index in [0.717, 1.165) is 25.2 Å². The number of nitrogens with zero attached hydrogens (tertiary/aromatic N) is 1. The van der Waals surface area contributed by atoms with Crippen molar-refractivity contribution in [3.63, 3.8) is 0 Å². The zero-order valence-corrected chi connectivity index (χ0v) is 8.84. The second-order valence-electron chi connectivity index (χ2n) is 4.05. The average molecular weight is 208 g/mol. The van der Waals surface area contributed by atoms with E-state index in [4.69, 9.17) is 0 Å². The Kier molecular flexibility index (Phi) is 3.01. The van der Waals surface area contributed by atoms with Crippen LogP contribution in [0.15, 0.2) is 6.07 Å². The Bertz CT molecular complexity index is 341. The van der Waals surface area contributed by atoms with E-state index in [1.165, 1.54) is 0 Å². The highest BCUT2D eigenvalue weighted by Gasteiger charge is 2.18. The molecule has 15 heavy (non-hydrogen) atoms. The lowest BCUT2D eigenvalue weighted by Crippen LogP contribution is -2.18. The maximum atomic E-state index is 11.6. The SMILES string of the molecule is Cc1cc(NC(=O)CC2CCNC2)n[nH]1. The predicted octanol–water partition coefficient (Wildman–Crippen LogP) is 0.656. The van der Waals surface area contributed by atoms with E-state index >= 15 is 0 Å². The van der Waals surface area contributed by atoms with Gasteiger partial charge in [-0.2, -0.15) is 5.10 Å². The van der Waals surface area contributed by atoms with E-state index < -0.39 is 0 Å². The molecule has 3 N–H and O–H groups in total. The van der Waals surface area contributed by atoms with Gasteiger partial charge in [-0.1, -0.05) is 0 Å². The van der Waals surface area contributed by atoms with Crippen molar-refractivity contribution < 1.29 is 4.79 Å². The molecule has 0 bridgehead atoms. The summed E-state index contributed by atoms with van der Waals surface area (Å²) in [5, 5.41) is 12.8. The number of hydrogen-bond donors (Lipinski definition) is 3. The zero-order valence-electron chi connectivity index (χ0n) is 8.84. The molecule has 2 rings (SSSR count). The molecule has 1 aromatic rings. The van der Waals surface area contributed by atoms with Crippen LogP contribution in [0.1, 0.15) is 18.5 Å². The van der Waals surface area contributed by atoms with Crippen LogP contribution in [0, 0.1) is 12.8 Å². The minimum Gasteiger partial charge on any atom is -0.316 e. The van der Waals surface area contributed by atoms with Gasteiger partial charge in [0.05, 0.1) is 0 Å². The Morgan fingerprint density at radius 3 is 3.20 bits per heavy atom. The van der Waals surface area contributed by atoms with Crippen molar-refractivity contribution >= 4 is 11.7 Å². The summed E-state index contributed by atoms with van der Waals surface area (Å²) in [6.45, 7) is 3.88. The summed E-state index contributed by atoms with van der Waals surface area (Å²) < 4.78 is 0. The topological polar surface area (TPSA) is 69.8 Å². The quantitative estimate of drug-likeness (QED) is 0.683. The number of aromatic nitrogens is 2. The third-order valence-electron chi connectivity index (χ3n) is 2.61. The molecule has 0 saturated carbocycles. The summed E-state index contributed by atoms with van der Waals surface area (Å²) in [4.78, 5) is 11.6. The largest absolute Gasteiger partial charge is 0.316 e. The van der Waals surface area contributed by atoms with Gasteiger partial charge >= 0.3 is 0 Å². The van der Waals surface area contributed by atoms with Crippen LogP contribution in [0.2, 0.25) is 0 Å². The fraction of sp³-hybridized carbons (Fsp3) is 0.600. The fourth-order valence-corrected chi connectivity index (χ4v) is 1.83. The van der Waals surface area contributed by atoms with Crippen LogP contribution < -0.4 is 10.6 Å². The molecule has 1 atom stereocenters. The third-order valence-corrected chi connectivity index (χ3v) is 2.61. The molecule has 1 fully saturated rings. The number of amides is 1. The Morgan fingerprint density at radius 2 is 2.60 bits per heavy atom. The summed E-state index contributed by atoms with van der Waals surface area (Å²) in [5.74, 6) is 1.14. The summed E-state index contributed by atoms with van der Waals surface area (Å²) in [6, 6.07) is 1.82. The van der Waals surface area contributed by atoms with E-state index in [1.807, 2.05) is 13.0 Å². The van der Waals surface area contributed by atoms with Crippen molar-refractivity contribution in [1.82, 2.24) is 15.5 Å². The molecule has 0 spiro atoms. The second kappa shape index (κ2) is 4.44. The fourth-order valence-electron chi connectivity index (χ4n) is 1.83. The minimum absolute atomic E-state index is 0.0511. The average Bonchev–Trinajstić information content (AvgIpc) is 2.77. The van der Waals surface area contributed by atoms with E-state index in [-0.39, 0.29) is 5.91 Å². The number of rotatable bonds is 3. The molecular formula is C10H16N4O. The van der Waals surface area contributed by atoms with E-state index in [2.05, 4.69) is 20.8 Å². The Hall–Kier alpha value is -1.36. The van der Waals surface area contributed by atoms with Crippen LogP contribution in [0.3, 0.4) is 0 Å². The van der Waals surface area contributed by atoms with Crippen molar-refractivity contribution in [2.75, 3.05) is 18.4 Å². The molecule has 82 valence electrons. The van der Waals surface area contributed by atoms with Gasteiger partial charge in [0.2, 0.25) is 5.91 Å². The number of carbonyl (C=O) groups is 1. The summed E-state index contributed by atoms with van der Waals surface area (Å²) in [7, 11) is 0. The Morgan fingerprint density at radius 1 is 1.73 bits per heavy atom. The van der Waals surface area contributed by atoms with Crippen LogP contribution in [-0.2, 0) is 4.79 Å². The number of anilines is 1. The van der Waals surface area contributed by atoms with E-state index in [1.54, 1.807) is 0 Å². The van der Waals surface area contributed by atoms with E-state index in [9.17, 15) is 4.79 Å². The smallest absolute Gasteiger partial charge is 0.225 e. The molecule has 1 amide bonds. The number of nitrogens with one attached hydrogen (secondary N) is 3. The van der Waals surface area contributed by atoms with Gasteiger partial charge in [-0.15, -0.1) is 0 Å². The first kappa shape index (κ1) is 10.2. The zero-order chi connectivity index (χ0) is 10.7. The first-order chi connectivity index (χ1) is 7.24. The highest BCUT2D eigenvalue weighted by Crippen LogP contribution is 2.13. The van der Waals surface area contributed by atoms with Gasteiger partial charge < -0.3 is 10.6 Å². The number of H-pyrrole nitrogens is 1. The van der Waals surface area contributed by atoms with Gasteiger partial charge in [-0.05, 0) is 32.4 Å². The van der Waals surface area contributed by atoms with Crippen LogP contribution in [-0.4, -0.2) is 29.2 Å². The minimum atomic E-state index is 0.0511. The first-order valence-electron chi connectivity index (χ1n) is 5.26. The maximum Gasteiger partial charge on any atom is 0.225 e. The lowest BCUT2D eigenvalue weighted by Gasteiger charge is -2.06. The van der Waals surface area contributed by atoms with Crippen LogP contribution in [0.4, 0.5) is 5.82 Å². The maximum absolute atomic E-state index is 11.6. The normalized spacial score (nSPS) is 20.5. The van der Waals surface area contributed by atoms with Crippen LogP contribution >= 0.6 is 0 Å².